The monoisotopic (exact) mass is 378 g/mol. The van der Waals surface area contributed by atoms with Gasteiger partial charge in [-0.25, -0.2) is 4.98 Å². The van der Waals surface area contributed by atoms with Crippen LogP contribution in [0.1, 0.15) is 21.7 Å². The van der Waals surface area contributed by atoms with Gasteiger partial charge in [0.2, 0.25) is 5.78 Å². The minimum Gasteiger partial charge on any atom is -0.507 e. The normalized spacial score (nSPS) is 11.8. The maximum atomic E-state index is 12.2. The zero-order valence-electron chi connectivity index (χ0n) is 14.1. The predicted octanol–water partition coefficient (Wildman–Crippen LogP) is 4.24. The molecule has 0 saturated heterocycles. The lowest BCUT2D eigenvalue weighted by atomic mass is 10.1. The highest BCUT2D eigenvalue weighted by Crippen LogP contribution is 2.29. The van der Waals surface area contributed by atoms with Gasteiger partial charge < -0.3 is 9.67 Å². The number of H-pyrrole nitrogens is 1. The van der Waals surface area contributed by atoms with E-state index < -0.39 is 5.78 Å². The first-order chi connectivity index (χ1) is 13.1. The highest BCUT2D eigenvalue weighted by Gasteiger charge is 2.15. The molecule has 7 heteroatoms. The molecule has 2 aromatic carbocycles. The largest absolute Gasteiger partial charge is 0.507 e. The second-order valence-corrected chi connectivity index (χ2v) is 6.48. The summed E-state index contributed by atoms with van der Waals surface area (Å²) in [6.45, 7) is 0.612. The average molecular weight is 379 g/mol. The van der Waals surface area contributed by atoms with Crippen LogP contribution in [0.25, 0.3) is 16.7 Å². The number of hydrogen-bond donors (Lipinski definition) is 2. The van der Waals surface area contributed by atoms with Crippen molar-refractivity contribution in [2.24, 2.45) is 0 Å². The standard InChI is InChI=1S/C20H15ClN4O2/c21-14-6-7-15-16(18(26)9-19(27)20-22-12-23-24-20)11-25(17(15)8-14)10-13-4-2-1-3-5-13/h1-9,11-12,26H,10H2,(H,22,23,24). The van der Waals surface area contributed by atoms with Crippen molar-refractivity contribution in [1.29, 1.82) is 0 Å². The number of allylic oxidation sites excluding steroid dienone is 1. The number of nitrogens with one attached hydrogen (secondary N) is 1. The van der Waals surface area contributed by atoms with Crippen LogP contribution in [0.4, 0.5) is 0 Å². The summed E-state index contributed by atoms with van der Waals surface area (Å²) in [6.07, 6.45) is 4.19. The van der Waals surface area contributed by atoms with Crippen LogP contribution in [-0.4, -0.2) is 30.6 Å². The summed E-state index contributed by atoms with van der Waals surface area (Å²) < 4.78 is 1.99. The number of aromatic amines is 1. The van der Waals surface area contributed by atoms with Gasteiger partial charge in [0.05, 0.1) is 5.52 Å². The molecule has 0 unspecified atom stereocenters. The number of aliphatic hydroxyl groups excluding tert-OH is 1. The molecule has 2 heterocycles. The number of carbonyl (C=O) groups excluding carboxylic acids is 1. The Morgan fingerprint density at radius 2 is 2.04 bits per heavy atom. The van der Waals surface area contributed by atoms with E-state index in [-0.39, 0.29) is 11.6 Å². The van der Waals surface area contributed by atoms with Crippen LogP contribution in [0.3, 0.4) is 0 Å². The van der Waals surface area contributed by atoms with Gasteiger partial charge >= 0.3 is 0 Å². The number of aliphatic hydroxyl groups is 1. The SMILES string of the molecule is O=C(C=C(O)c1cn(Cc2ccccc2)c2cc(Cl)ccc12)c1ncn[nH]1. The lowest BCUT2D eigenvalue weighted by Gasteiger charge is -2.05. The molecular weight excluding hydrogens is 364 g/mol. The van der Waals surface area contributed by atoms with Crippen molar-refractivity contribution in [2.45, 2.75) is 6.54 Å². The van der Waals surface area contributed by atoms with E-state index in [0.717, 1.165) is 22.5 Å². The van der Waals surface area contributed by atoms with Crippen LogP contribution in [0, 0.1) is 0 Å². The Kier molecular flexibility index (Phi) is 4.48. The molecule has 27 heavy (non-hydrogen) atoms. The molecule has 0 aliphatic carbocycles. The highest BCUT2D eigenvalue weighted by molar-refractivity contribution is 6.31. The second-order valence-electron chi connectivity index (χ2n) is 6.05. The molecule has 4 aromatic rings. The maximum absolute atomic E-state index is 12.2. The fourth-order valence-corrected chi connectivity index (χ4v) is 3.14. The molecule has 0 aliphatic heterocycles. The van der Waals surface area contributed by atoms with E-state index in [1.807, 2.05) is 53.2 Å². The minimum atomic E-state index is -0.456. The number of benzene rings is 2. The van der Waals surface area contributed by atoms with Crippen molar-refractivity contribution in [3.05, 3.63) is 89.1 Å². The Morgan fingerprint density at radius 1 is 1.22 bits per heavy atom. The Bertz CT molecular complexity index is 1130. The van der Waals surface area contributed by atoms with Crippen LogP contribution in [0.5, 0.6) is 0 Å². The van der Waals surface area contributed by atoms with Gasteiger partial charge in [-0.2, -0.15) is 5.10 Å². The van der Waals surface area contributed by atoms with Crippen LogP contribution in [-0.2, 0) is 6.54 Å². The van der Waals surface area contributed by atoms with Gasteiger partial charge in [0.25, 0.3) is 0 Å². The average Bonchev–Trinajstić information content (AvgIpc) is 3.31. The lowest BCUT2D eigenvalue weighted by molar-refractivity contribution is 0.103. The van der Waals surface area contributed by atoms with E-state index in [2.05, 4.69) is 15.2 Å². The summed E-state index contributed by atoms with van der Waals surface area (Å²) in [5.41, 5.74) is 2.53. The summed E-state index contributed by atoms with van der Waals surface area (Å²) in [5, 5.41) is 18.1. The van der Waals surface area contributed by atoms with Gasteiger partial charge in [0, 0.05) is 34.8 Å². The fourth-order valence-electron chi connectivity index (χ4n) is 2.97. The number of nitrogens with zero attached hydrogens (tertiary/aromatic N) is 3. The summed E-state index contributed by atoms with van der Waals surface area (Å²) in [4.78, 5) is 16.0. The molecule has 2 aromatic heterocycles. The van der Waals surface area contributed by atoms with Crippen molar-refractivity contribution in [3.63, 3.8) is 0 Å². The number of carbonyl (C=O) groups is 1. The van der Waals surface area contributed by atoms with Crippen molar-refractivity contribution in [2.75, 3.05) is 0 Å². The van der Waals surface area contributed by atoms with Crippen LogP contribution < -0.4 is 0 Å². The number of hydrogen-bond acceptors (Lipinski definition) is 4. The third kappa shape index (κ3) is 3.47. The van der Waals surface area contributed by atoms with Gasteiger partial charge in [0.15, 0.2) is 5.82 Å². The van der Waals surface area contributed by atoms with Crippen molar-refractivity contribution < 1.29 is 9.90 Å². The maximum Gasteiger partial charge on any atom is 0.226 e. The molecule has 134 valence electrons. The number of ketones is 1. The molecule has 2 N–H and O–H groups in total. The third-order valence-corrected chi connectivity index (χ3v) is 4.47. The summed E-state index contributed by atoms with van der Waals surface area (Å²) in [5.74, 6) is -0.531. The van der Waals surface area contributed by atoms with Crippen molar-refractivity contribution in [1.82, 2.24) is 19.7 Å². The van der Waals surface area contributed by atoms with Gasteiger partial charge in [-0.3, -0.25) is 9.89 Å². The first kappa shape index (κ1) is 17.1. The van der Waals surface area contributed by atoms with Crippen molar-refractivity contribution in [3.8, 4) is 0 Å². The van der Waals surface area contributed by atoms with Gasteiger partial charge in [-0.15, -0.1) is 0 Å². The van der Waals surface area contributed by atoms with Crippen LogP contribution in [0.2, 0.25) is 5.02 Å². The topological polar surface area (TPSA) is 83.8 Å². The zero-order chi connectivity index (χ0) is 18.8. The molecule has 0 amide bonds. The predicted molar refractivity (Wildman–Crippen MR) is 104 cm³/mol. The number of rotatable bonds is 5. The molecular formula is C20H15ClN4O2. The molecule has 0 aliphatic rings. The number of fused-ring (bicyclic) bond motifs is 1. The zero-order valence-corrected chi connectivity index (χ0v) is 14.9. The highest BCUT2D eigenvalue weighted by atomic mass is 35.5. The smallest absolute Gasteiger partial charge is 0.226 e. The van der Waals surface area contributed by atoms with E-state index in [1.165, 1.54) is 6.33 Å². The third-order valence-electron chi connectivity index (χ3n) is 4.23. The first-order valence-electron chi connectivity index (χ1n) is 8.25. The fraction of sp³-hybridized carbons (Fsp3) is 0.0500. The van der Waals surface area contributed by atoms with Crippen LogP contribution in [0.15, 0.2) is 67.1 Å². The molecule has 0 bridgehead atoms. The molecule has 0 spiro atoms. The number of halogens is 1. The Morgan fingerprint density at radius 3 is 2.78 bits per heavy atom. The molecule has 0 radical (unpaired) electrons. The Labute approximate surface area is 159 Å². The lowest BCUT2D eigenvalue weighted by Crippen LogP contribution is -1.99. The second kappa shape index (κ2) is 7.09. The minimum absolute atomic E-state index is 0.0672. The molecule has 0 atom stereocenters. The summed E-state index contributed by atoms with van der Waals surface area (Å²) >= 11 is 6.17. The summed E-state index contributed by atoms with van der Waals surface area (Å²) in [6, 6.07) is 15.4. The van der Waals surface area contributed by atoms with Gasteiger partial charge in [0.1, 0.15) is 12.1 Å². The number of aromatic nitrogens is 4. The molecule has 6 nitrogen and oxygen atoms in total. The van der Waals surface area contributed by atoms with Gasteiger partial charge in [-0.05, 0) is 17.7 Å². The van der Waals surface area contributed by atoms with Crippen LogP contribution >= 0.6 is 11.6 Å². The van der Waals surface area contributed by atoms with E-state index in [9.17, 15) is 9.90 Å². The Balaban J connectivity index is 1.78. The van der Waals surface area contributed by atoms with E-state index in [0.29, 0.717) is 17.1 Å². The van der Waals surface area contributed by atoms with E-state index in [4.69, 9.17) is 11.6 Å². The first-order valence-corrected chi connectivity index (χ1v) is 8.62. The van der Waals surface area contributed by atoms with Crippen molar-refractivity contribution >= 4 is 34.0 Å². The van der Waals surface area contributed by atoms with E-state index >= 15 is 0 Å². The quantitative estimate of drug-likeness (QED) is 0.309. The molecule has 0 fully saturated rings. The van der Waals surface area contributed by atoms with E-state index in [1.54, 1.807) is 6.07 Å². The molecule has 0 saturated carbocycles. The summed E-state index contributed by atoms with van der Waals surface area (Å²) in [7, 11) is 0. The molecule has 4 rings (SSSR count). The Hall–Kier alpha value is -3.38. The van der Waals surface area contributed by atoms with Gasteiger partial charge in [-0.1, -0.05) is 48.0 Å².